The fourth-order valence-corrected chi connectivity index (χ4v) is 2.99. The van der Waals surface area contributed by atoms with E-state index in [0.717, 1.165) is 5.56 Å². The summed E-state index contributed by atoms with van der Waals surface area (Å²) in [6, 6.07) is 11.9. The van der Waals surface area contributed by atoms with E-state index in [1.807, 2.05) is 32.0 Å². The number of carbonyl (C=O) groups excluding carboxylic acids is 1. The second kappa shape index (κ2) is 8.65. The van der Waals surface area contributed by atoms with Gasteiger partial charge in [0.15, 0.2) is 18.1 Å². The zero-order chi connectivity index (χ0) is 20.1. The first-order valence-corrected chi connectivity index (χ1v) is 9.09. The number of carbonyl (C=O) groups is 2. The lowest BCUT2D eigenvalue weighted by atomic mass is 9.95. The van der Waals surface area contributed by atoms with Crippen LogP contribution in [0.4, 0.5) is 0 Å². The van der Waals surface area contributed by atoms with Gasteiger partial charge in [0.2, 0.25) is 0 Å². The lowest BCUT2D eigenvalue weighted by Gasteiger charge is -2.25. The van der Waals surface area contributed by atoms with Crippen molar-refractivity contribution >= 4 is 11.9 Å². The van der Waals surface area contributed by atoms with Crippen molar-refractivity contribution in [2.24, 2.45) is 5.92 Å². The summed E-state index contributed by atoms with van der Waals surface area (Å²) in [6.45, 7) is 4.61. The molecule has 1 aliphatic rings. The highest BCUT2D eigenvalue weighted by atomic mass is 16.6. The number of aliphatic carboxylic acids is 1. The highest BCUT2D eigenvalue weighted by Crippen LogP contribution is 2.34. The normalized spacial score (nSPS) is 13.7. The second-order valence-electron chi connectivity index (χ2n) is 6.81. The van der Waals surface area contributed by atoms with Crippen LogP contribution in [0.1, 0.15) is 35.8 Å². The number of nitrogens with one attached hydrogen (secondary N) is 1. The lowest BCUT2D eigenvalue weighted by molar-refractivity contribution is -0.139. The molecular weight excluding hydrogens is 362 g/mol. The minimum absolute atomic E-state index is 0.137. The van der Waals surface area contributed by atoms with E-state index in [1.54, 1.807) is 18.2 Å². The number of hydrogen-bond acceptors (Lipinski definition) is 5. The summed E-state index contributed by atoms with van der Waals surface area (Å²) in [5.41, 5.74) is 1.32. The van der Waals surface area contributed by atoms with Crippen LogP contribution in [0.5, 0.6) is 17.2 Å². The summed E-state index contributed by atoms with van der Waals surface area (Å²) >= 11 is 0. The highest BCUT2D eigenvalue weighted by molar-refractivity contribution is 5.94. The summed E-state index contributed by atoms with van der Waals surface area (Å²) in [5, 5.41) is 11.8. The first-order chi connectivity index (χ1) is 13.4. The summed E-state index contributed by atoms with van der Waals surface area (Å²) in [6.07, 6.45) is 0. The number of hydrogen-bond donors (Lipinski definition) is 2. The minimum atomic E-state index is -1.08. The van der Waals surface area contributed by atoms with Crippen molar-refractivity contribution in [3.05, 3.63) is 53.6 Å². The van der Waals surface area contributed by atoms with Gasteiger partial charge in [-0.25, -0.2) is 4.79 Å². The summed E-state index contributed by atoms with van der Waals surface area (Å²) in [4.78, 5) is 23.4. The third-order valence-corrected chi connectivity index (χ3v) is 4.34. The van der Waals surface area contributed by atoms with Crippen molar-refractivity contribution in [3.63, 3.8) is 0 Å². The summed E-state index contributed by atoms with van der Waals surface area (Å²) in [5.74, 6) is 0.496. The molecule has 1 unspecified atom stereocenters. The third kappa shape index (κ3) is 4.73. The molecule has 0 aromatic heterocycles. The van der Waals surface area contributed by atoms with E-state index in [2.05, 4.69) is 5.32 Å². The number of amides is 1. The minimum Gasteiger partial charge on any atom is -0.486 e. The standard InChI is InChI=1S/C21H23NO6/c1-13(2)20(14-6-7-17-18(11-14)27-9-8-26-17)22-21(25)15-4-3-5-16(10-15)28-12-19(23)24/h3-7,10-11,13,20H,8-9,12H2,1-2H3,(H,22,25)(H,23,24). The smallest absolute Gasteiger partial charge is 0.341 e. The van der Waals surface area contributed by atoms with Gasteiger partial charge in [-0.1, -0.05) is 26.0 Å². The number of ether oxygens (including phenoxy) is 3. The van der Waals surface area contributed by atoms with Crippen molar-refractivity contribution in [3.8, 4) is 17.2 Å². The molecule has 3 rings (SSSR count). The fraction of sp³-hybridized carbons (Fsp3) is 0.333. The molecule has 7 nitrogen and oxygen atoms in total. The molecule has 0 saturated heterocycles. The van der Waals surface area contributed by atoms with Gasteiger partial charge in [-0.15, -0.1) is 0 Å². The molecule has 148 valence electrons. The molecule has 28 heavy (non-hydrogen) atoms. The van der Waals surface area contributed by atoms with Crippen molar-refractivity contribution in [1.29, 1.82) is 0 Å². The second-order valence-corrected chi connectivity index (χ2v) is 6.81. The van der Waals surface area contributed by atoms with Gasteiger partial charge in [-0.2, -0.15) is 0 Å². The Morgan fingerprint density at radius 3 is 2.57 bits per heavy atom. The van der Waals surface area contributed by atoms with Gasteiger partial charge in [0.1, 0.15) is 19.0 Å². The Kier molecular flexibility index (Phi) is 6.03. The number of carboxylic acid groups (broad SMARTS) is 1. The largest absolute Gasteiger partial charge is 0.486 e. The van der Waals surface area contributed by atoms with Gasteiger partial charge in [-0.3, -0.25) is 4.79 Å². The average molecular weight is 385 g/mol. The Bertz CT molecular complexity index is 864. The first-order valence-electron chi connectivity index (χ1n) is 9.09. The van der Waals surface area contributed by atoms with E-state index in [-0.39, 0.29) is 17.9 Å². The maximum atomic E-state index is 12.8. The molecule has 2 aromatic carbocycles. The Hall–Kier alpha value is -3.22. The molecule has 2 aromatic rings. The number of benzene rings is 2. The number of fused-ring (bicyclic) bond motifs is 1. The molecule has 0 radical (unpaired) electrons. The molecule has 0 aliphatic carbocycles. The number of rotatable bonds is 7. The highest BCUT2D eigenvalue weighted by Gasteiger charge is 2.22. The molecule has 0 spiro atoms. The zero-order valence-corrected chi connectivity index (χ0v) is 15.8. The van der Waals surface area contributed by atoms with Crippen LogP contribution in [0.3, 0.4) is 0 Å². The van der Waals surface area contributed by atoms with Crippen molar-refractivity contribution in [2.45, 2.75) is 19.9 Å². The Labute approximate surface area is 163 Å². The third-order valence-electron chi connectivity index (χ3n) is 4.34. The lowest BCUT2D eigenvalue weighted by Crippen LogP contribution is -2.32. The Balaban J connectivity index is 1.76. The average Bonchev–Trinajstić information content (AvgIpc) is 2.70. The van der Waals surface area contributed by atoms with Crippen LogP contribution in [0.15, 0.2) is 42.5 Å². The molecule has 2 N–H and O–H groups in total. The molecule has 0 bridgehead atoms. The van der Waals surface area contributed by atoms with E-state index in [1.165, 1.54) is 6.07 Å². The van der Waals surface area contributed by atoms with E-state index in [9.17, 15) is 9.59 Å². The van der Waals surface area contributed by atoms with Crippen LogP contribution in [-0.2, 0) is 4.79 Å². The van der Waals surface area contributed by atoms with Gasteiger partial charge >= 0.3 is 5.97 Å². The molecule has 1 heterocycles. The molecule has 7 heteroatoms. The summed E-state index contributed by atoms with van der Waals surface area (Å²) in [7, 11) is 0. The van der Waals surface area contributed by atoms with Crippen LogP contribution < -0.4 is 19.5 Å². The van der Waals surface area contributed by atoms with Gasteiger partial charge < -0.3 is 24.6 Å². The molecule has 1 aliphatic heterocycles. The fourth-order valence-electron chi connectivity index (χ4n) is 2.99. The molecular formula is C21H23NO6. The maximum Gasteiger partial charge on any atom is 0.341 e. The first kappa shape index (κ1) is 19.5. The SMILES string of the molecule is CC(C)C(NC(=O)c1cccc(OCC(=O)O)c1)c1ccc2c(c1)OCCO2. The predicted octanol–water partition coefficient (Wildman–Crippen LogP) is 3.05. The Morgan fingerprint density at radius 2 is 1.86 bits per heavy atom. The summed E-state index contributed by atoms with van der Waals surface area (Å²) < 4.78 is 16.3. The van der Waals surface area contributed by atoms with E-state index >= 15 is 0 Å². The quantitative estimate of drug-likeness (QED) is 0.761. The van der Waals surface area contributed by atoms with Crippen molar-refractivity contribution in [2.75, 3.05) is 19.8 Å². The van der Waals surface area contributed by atoms with Gasteiger partial charge in [-0.05, 0) is 41.8 Å². The van der Waals surface area contributed by atoms with Crippen molar-refractivity contribution < 1.29 is 28.9 Å². The maximum absolute atomic E-state index is 12.8. The molecule has 1 atom stereocenters. The van der Waals surface area contributed by atoms with Gasteiger partial charge in [0, 0.05) is 5.56 Å². The van der Waals surface area contributed by atoms with Crippen LogP contribution in [-0.4, -0.2) is 36.8 Å². The van der Waals surface area contributed by atoms with E-state index < -0.39 is 12.6 Å². The van der Waals surface area contributed by atoms with Gasteiger partial charge in [0.05, 0.1) is 6.04 Å². The van der Waals surface area contributed by atoms with E-state index in [4.69, 9.17) is 19.3 Å². The van der Waals surface area contributed by atoms with Crippen LogP contribution in [0.2, 0.25) is 0 Å². The number of carboxylic acids is 1. The van der Waals surface area contributed by atoms with Crippen molar-refractivity contribution in [1.82, 2.24) is 5.32 Å². The monoisotopic (exact) mass is 385 g/mol. The Morgan fingerprint density at radius 1 is 1.11 bits per heavy atom. The molecule has 0 fully saturated rings. The molecule has 0 saturated carbocycles. The van der Waals surface area contributed by atoms with Crippen LogP contribution >= 0.6 is 0 Å². The van der Waals surface area contributed by atoms with Gasteiger partial charge in [0.25, 0.3) is 5.91 Å². The zero-order valence-electron chi connectivity index (χ0n) is 15.8. The van der Waals surface area contributed by atoms with Crippen LogP contribution in [0.25, 0.3) is 0 Å². The topological polar surface area (TPSA) is 94.1 Å². The molecule has 1 amide bonds. The predicted molar refractivity (Wildman–Crippen MR) is 102 cm³/mol. The van der Waals surface area contributed by atoms with E-state index in [0.29, 0.717) is 36.0 Å². The van der Waals surface area contributed by atoms with Crippen LogP contribution in [0, 0.1) is 5.92 Å².